The van der Waals surface area contributed by atoms with E-state index in [0.717, 1.165) is 7.05 Å². The molecule has 0 bridgehead atoms. The van der Waals surface area contributed by atoms with Crippen LogP contribution in [0.4, 0.5) is 18.9 Å². The van der Waals surface area contributed by atoms with Gasteiger partial charge in [0.2, 0.25) is 0 Å². The molecule has 2 N–H and O–H groups in total. The highest BCUT2D eigenvalue weighted by Gasteiger charge is 2.41. The molecule has 0 radical (unpaired) electrons. The average Bonchev–Trinajstić information content (AvgIpc) is 2.54. The maximum absolute atomic E-state index is 12.4. The Morgan fingerprint density at radius 1 is 1.40 bits per heavy atom. The van der Waals surface area contributed by atoms with Crippen LogP contribution in [-0.2, 0) is 20.9 Å². The lowest BCUT2D eigenvalue weighted by Crippen LogP contribution is -2.45. The number of rotatable bonds is 4. The zero-order valence-electron chi connectivity index (χ0n) is 13.4. The van der Waals surface area contributed by atoms with Crippen molar-refractivity contribution in [2.45, 2.75) is 18.8 Å². The van der Waals surface area contributed by atoms with Gasteiger partial charge in [-0.05, 0) is 17.7 Å². The van der Waals surface area contributed by atoms with Crippen LogP contribution in [0.15, 0.2) is 24.3 Å². The quantitative estimate of drug-likeness (QED) is 0.830. The predicted molar refractivity (Wildman–Crippen MR) is 87.5 cm³/mol. The number of nitrogens with one attached hydrogen (secondary N) is 2. The van der Waals surface area contributed by atoms with Crippen molar-refractivity contribution in [3.8, 4) is 0 Å². The van der Waals surface area contributed by atoms with Gasteiger partial charge < -0.3 is 20.3 Å². The van der Waals surface area contributed by atoms with Crippen molar-refractivity contribution in [2.24, 2.45) is 0 Å². The minimum Gasteiger partial charge on any atom is -0.366 e. The third kappa shape index (κ3) is 6.18. The van der Waals surface area contributed by atoms with Gasteiger partial charge in [0.05, 0.1) is 6.61 Å². The van der Waals surface area contributed by atoms with Crippen molar-refractivity contribution in [3.05, 3.63) is 29.8 Å². The first-order valence-electron chi connectivity index (χ1n) is 7.32. The summed E-state index contributed by atoms with van der Waals surface area (Å²) >= 11 is 0. The second-order valence-corrected chi connectivity index (χ2v) is 5.41. The average molecular weight is 382 g/mol. The van der Waals surface area contributed by atoms with Crippen LogP contribution in [0.1, 0.15) is 5.56 Å². The molecule has 25 heavy (non-hydrogen) atoms. The number of nitrogens with zero attached hydrogens (tertiary/aromatic N) is 1. The number of morpholine rings is 1. The highest BCUT2D eigenvalue weighted by atomic mass is 35.5. The Bertz CT molecular complexity index is 607. The number of halogens is 4. The molecule has 6 nitrogen and oxygen atoms in total. The van der Waals surface area contributed by atoms with Gasteiger partial charge in [0, 0.05) is 32.4 Å². The van der Waals surface area contributed by atoms with Crippen LogP contribution in [0.3, 0.4) is 0 Å². The van der Waals surface area contributed by atoms with E-state index in [9.17, 15) is 22.8 Å². The summed E-state index contributed by atoms with van der Waals surface area (Å²) in [7, 11) is 1.07. The molecule has 10 heteroatoms. The number of benzene rings is 1. The van der Waals surface area contributed by atoms with Crippen molar-refractivity contribution >= 4 is 29.9 Å². The molecular weight excluding hydrogens is 363 g/mol. The van der Waals surface area contributed by atoms with Crippen LogP contribution in [0, 0.1) is 0 Å². The van der Waals surface area contributed by atoms with Crippen molar-refractivity contribution in [1.82, 2.24) is 10.2 Å². The highest BCUT2D eigenvalue weighted by molar-refractivity contribution is 5.94. The van der Waals surface area contributed by atoms with E-state index in [1.807, 2.05) is 0 Å². The minimum atomic E-state index is -4.91. The van der Waals surface area contributed by atoms with E-state index in [0.29, 0.717) is 35.8 Å². The Labute approximate surface area is 149 Å². The molecule has 0 spiro atoms. The van der Waals surface area contributed by atoms with Crippen molar-refractivity contribution in [1.29, 1.82) is 0 Å². The van der Waals surface area contributed by atoms with Crippen molar-refractivity contribution in [2.75, 3.05) is 32.1 Å². The van der Waals surface area contributed by atoms with Gasteiger partial charge in [0.1, 0.15) is 6.10 Å². The lowest BCUT2D eigenvalue weighted by atomic mass is 10.2. The Balaban J connectivity index is 0.00000312. The molecule has 140 valence electrons. The molecular formula is C15H19ClF3N3O3. The second kappa shape index (κ2) is 9.02. The fourth-order valence-electron chi connectivity index (χ4n) is 2.27. The van der Waals surface area contributed by atoms with E-state index in [-0.39, 0.29) is 24.9 Å². The zero-order chi connectivity index (χ0) is 17.7. The highest BCUT2D eigenvalue weighted by Crippen LogP contribution is 2.20. The Morgan fingerprint density at radius 3 is 2.72 bits per heavy atom. The molecule has 1 aliphatic heterocycles. The van der Waals surface area contributed by atoms with Gasteiger partial charge in [0.25, 0.3) is 5.91 Å². The molecule has 0 aliphatic carbocycles. The molecule has 1 aromatic carbocycles. The van der Waals surface area contributed by atoms with Crippen LogP contribution >= 0.6 is 12.4 Å². The molecule has 1 atom stereocenters. The summed E-state index contributed by atoms with van der Waals surface area (Å²) in [5.41, 5.74) is 0.898. The van der Waals surface area contributed by atoms with E-state index in [2.05, 4.69) is 10.6 Å². The van der Waals surface area contributed by atoms with Crippen LogP contribution in [0.25, 0.3) is 0 Å². The summed E-state index contributed by atoms with van der Waals surface area (Å²) < 4.78 is 42.5. The molecule has 1 aromatic rings. The van der Waals surface area contributed by atoms with E-state index in [1.165, 1.54) is 6.07 Å². The summed E-state index contributed by atoms with van der Waals surface area (Å²) in [6.45, 7) is 1.29. The van der Waals surface area contributed by atoms with Crippen LogP contribution in [0.2, 0.25) is 0 Å². The molecule has 2 rings (SSSR count). The molecule has 1 heterocycles. The minimum absolute atomic E-state index is 0. The third-order valence-electron chi connectivity index (χ3n) is 3.42. The predicted octanol–water partition coefficient (Wildman–Crippen LogP) is 1.56. The van der Waals surface area contributed by atoms with Crippen LogP contribution in [-0.4, -0.2) is 55.7 Å². The van der Waals surface area contributed by atoms with Gasteiger partial charge in [-0.25, -0.2) is 0 Å². The molecule has 0 aromatic heterocycles. The summed E-state index contributed by atoms with van der Waals surface area (Å²) in [6.07, 6.45) is -5.52. The van der Waals surface area contributed by atoms with Crippen LogP contribution in [0.5, 0.6) is 0 Å². The zero-order valence-corrected chi connectivity index (χ0v) is 14.2. The molecule has 0 saturated carbocycles. The fraction of sp³-hybridized carbons (Fsp3) is 0.467. The Hall–Kier alpha value is -1.84. The number of amides is 2. The lowest BCUT2D eigenvalue weighted by molar-refractivity contribution is -0.184. The summed E-state index contributed by atoms with van der Waals surface area (Å²) in [6, 6.07) is 6.31. The van der Waals surface area contributed by atoms with Gasteiger partial charge in [0.15, 0.2) is 0 Å². The monoisotopic (exact) mass is 381 g/mol. The first-order chi connectivity index (χ1) is 11.3. The summed E-state index contributed by atoms with van der Waals surface area (Å²) in [5.74, 6) is -2.25. The third-order valence-corrected chi connectivity index (χ3v) is 3.42. The van der Waals surface area contributed by atoms with Gasteiger partial charge in [-0.1, -0.05) is 12.1 Å². The van der Waals surface area contributed by atoms with Gasteiger partial charge in [-0.15, -0.1) is 12.4 Å². The SMILES string of the molecule is CN(Cc1cccc(NC(=O)[C@H]2CNCCO2)c1)C(=O)C(F)(F)F.Cl. The number of ether oxygens (including phenoxy) is 1. The van der Waals surface area contributed by atoms with E-state index >= 15 is 0 Å². The number of anilines is 1. The number of alkyl halides is 3. The summed E-state index contributed by atoms with van der Waals surface area (Å²) in [5, 5.41) is 5.68. The Kier molecular flexibility index (Phi) is 7.65. The molecule has 1 fully saturated rings. The van der Waals surface area contributed by atoms with E-state index in [1.54, 1.807) is 18.2 Å². The first-order valence-corrected chi connectivity index (χ1v) is 7.32. The van der Waals surface area contributed by atoms with Crippen LogP contribution < -0.4 is 10.6 Å². The number of carbonyl (C=O) groups excluding carboxylic acids is 2. The first kappa shape index (κ1) is 21.2. The molecule has 0 unspecified atom stereocenters. The standard InChI is InChI=1S/C15H18F3N3O3.ClH/c1-21(14(23)15(16,17)18)9-10-3-2-4-11(7-10)20-13(22)12-8-19-5-6-24-12;/h2-4,7,12,19H,5-6,8-9H2,1H3,(H,20,22);1H/t12-;/m1./s1. The molecule has 1 saturated heterocycles. The summed E-state index contributed by atoms with van der Waals surface area (Å²) in [4.78, 5) is 23.8. The Morgan fingerprint density at radius 2 is 2.12 bits per heavy atom. The van der Waals surface area contributed by atoms with Gasteiger partial charge in [-0.3, -0.25) is 9.59 Å². The van der Waals surface area contributed by atoms with Crippen molar-refractivity contribution in [3.63, 3.8) is 0 Å². The number of hydrogen-bond donors (Lipinski definition) is 2. The van der Waals surface area contributed by atoms with E-state index in [4.69, 9.17) is 4.74 Å². The second-order valence-electron chi connectivity index (χ2n) is 5.41. The molecule has 1 aliphatic rings. The van der Waals surface area contributed by atoms with E-state index < -0.39 is 18.2 Å². The molecule has 2 amide bonds. The largest absolute Gasteiger partial charge is 0.471 e. The van der Waals surface area contributed by atoms with Gasteiger partial charge in [-0.2, -0.15) is 13.2 Å². The van der Waals surface area contributed by atoms with Crippen molar-refractivity contribution < 1.29 is 27.5 Å². The maximum atomic E-state index is 12.4. The number of hydrogen-bond acceptors (Lipinski definition) is 4. The number of carbonyl (C=O) groups is 2. The normalized spacial score (nSPS) is 17.4. The maximum Gasteiger partial charge on any atom is 0.471 e. The lowest BCUT2D eigenvalue weighted by Gasteiger charge is -2.23. The topological polar surface area (TPSA) is 70.7 Å². The fourth-order valence-corrected chi connectivity index (χ4v) is 2.27. The smallest absolute Gasteiger partial charge is 0.366 e. The van der Waals surface area contributed by atoms with Gasteiger partial charge >= 0.3 is 12.1 Å².